The highest BCUT2D eigenvalue weighted by Crippen LogP contribution is 1.91. The molecule has 8 heteroatoms. The van der Waals surface area contributed by atoms with Crippen LogP contribution in [0.25, 0.3) is 0 Å². The molecule has 0 atom stereocenters. The van der Waals surface area contributed by atoms with Gasteiger partial charge in [-0.1, -0.05) is 13.8 Å². The Morgan fingerprint density at radius 2 is 1.76 bits per heavy atom. The third kappa shape index (κ3) is 18.3. The van der Waals surface area contributed by atoms with E-state index in [2.05, 4.69) is 11.1 Å². The molecular formula is C9H23NO6S. The Kier molecular flexibility index (Phi) is 12.2. The molecule has 106 valence electrons. The van der Waals surface area contributed by atoms with Gasteiger partial charge >= 0.3 is 10.4 Å². The van der Waals surface area contributed by atoms with Gasteiger partial charge in [0.05, 0.1) is 6.61 Å². The van der Waals surface area contributed by atoms with Crippen LogP contribution in [-0.2, 0) is 14.6 Å². The molecule has 0 saturated carbocycles. The molecule has 0 saturated heterocycles. The summed E-state index contributed by atoms with van der Waals surface area (Å²) in [5.41, 5.74) is 0. The van der Waals surface area contributed by atoms with E-state index in [-0.39, 0.29) is 6.61 Å². The van der Waals surface area contributed by atoms with Crippen molar-refractivity contribution in [1.82, 2.24) is 4.90 Å². The number of rotatable bonds is 7. The van der Waals surface area contributed by atoms with Crippen LogP contribution in [0.4, 0.5) is 0 Å². The van der Waals surface area contributed by atoms with Crippen LogP contribution in [0.15, 0.2) is 0 Å². The van der Waals surface area contributed by atoms with E-state index in [9.17, 15) is 8.42 Å². The van der Waals surface area contributed by atoms with Gasteiger partial charge < -0.3 is 10.2 Å². The van der Waals surface area contributed by atoms with E-state index in [4.69, 9.17) is 14.8 Å². The predicted molar refractivity (Wildman–Crippen MR) is 63.8 cm³/mol. The number of hydrogen-bond donors (Lipinski definition) is 3. The first-order chi connectivity index (χ1) is 7.76. The van der Waals surface area contributed by atoms with E-state index >= 15 is 0 Å². The summed E-state index contributed by atoms with van der Waals surface area (Å²) in [4.78, 5) is 2.00. The van der Waals surface area contributed by atoms with Crippen LogP contribution in [-0.4, -0.2) is 60.6 Å². The van der Waals surface area contributed by atoms with Gasteiger partial charge in [-0.05, 0) is 26.4 Å². The summed E-state index contributed by atoms with van der Waals surface area (Å²) in [5, 5.41) is 17.2. The summed E-state index contributed by atoms with van der Waals surface area (Å²) in [5.74, 6) is 0. The van der Waals surface area contributed by atoms with E-state index in [1.807, 2.05) is 11.8 Å². The summed E-state index contributed by atoms with van der Waals surface area (Å²) in [7, 11) is -4.17. The van der Waals surface area contributed by atoms with Crippen molar-refractivity contribution in [3.63, 3.8) is 0 Å². The van der Waals surface area contributed by atoms with Gasteiger partial charge in [0.15, 0.2) is 6.29 Å². The number of nitrogens with zero attached hydrogens (tertiary/aromatic N) is 1. The summed E-state index contributed by atoms with van der Waals surface area (Å²) in [6.45, 7) is 7.71. The fourth-order valence-electron chi connectivity index (χ4n) is 1.07. The van der Waals surface area contributed by atoms with E-state index in [0.29, 0.717) is 6.54 Å². The molecular weight excluding hydrogens is 250 g/mol. The fraction of sp³-hybridized carbons (Fsp3) is 1.00. The van der Waals surface area contributed by atoms with Crippen LogP contribution in [0, 0.1) is 0 Å². The Labute approximate surface area is 103 Å². The van der Waals surface area contributed by atoms with Crippen molar-refractivity contribution < 1.29 is 27.4 Å². The first-order valence-corrected chi connectivity index (χ1v) is 6.83. The van der Waals surface area contributed by atoms with E-state index < -0.39 is 16.7 Å². The highest BCUT2D eigenvalue weighted by atomic mass is 32.3. The number of aliphatic hydroxyl groups is 2. The van der Waals surface area contributed by atoms with Crippen molar-refractivity contribution in [1.29, 1.82) is 0 Å². The average Bonchev–Trinajstić information content (AvgIpc) is 2.15. The standard InChI is InChI=1S/C7H17NO2.C2H6O4S/c1-3-5-8(4-2)6-7(9)10;1-2-6-7(3,4)5/h7,9-10H,3-6H2,1-2H3;2H2,1H3,(H,3,4,5). The van der Waals surface area contributed by atoms with Crippen molar-refractivity contribution in [2.24, 2.45) is 0 Å². The molecule has 0 aliphatic carbocycles. The van der Waals surface area contributed by atoms with Gasteiger partial charge in [-0.3, -0.25) is 9.45 Å². The summed E-state index contributed by atoms with van der Waals surface area (Å²) < 4.78 is 30.7. The lowest BCUT2D eigenvalue weighted by Crippen LogP contribution is -2.32. The molecule has 0 unspecified atom stereocenters. The van der Waals surface area contributed by atoms with Crippen LogP contribution in [0.5, 0.6) is 0 Å². The van der Waals surface area contributed by atoms with Crippen molar-refractivity contribution in [3.05, 3.63) is 0 Å². The minimum atomic E-state index is -4.17. The minimum Gasteiger partial charge on any atom is -0.367 e. The van der Waals surface area contributed by atoms with Crippen molar-refractivity contribution in [3.8, 4) is 0 Å². The van der Waals surface area contributed by atoms with Crippen LogP contribution < -0.4 is 0 Å². The summed E-state index contributed by atoms with van der Waals surface area (Å²) in [6, 6.07) is 0. The largest absolute Gasteiger partial charge is 0.397 e. The van der Waals surface area contributed by atoms with E-state index in [1.54, 1.807) is 0 Å². The van der Waals surface area contributed by atoms with Crippen LogP contribution >= 0.6 is 0 Å². The van der Waals surface area contributed by atoms with Crippen molar-refractivity contribution in [2.75, 3.05) is 26.2 Å². The molecule has 7 nitrogen and oxygen atoms in total. The zero-order valence-electron chi connectivity index (χ0n) is 10.5. The monoisotopic (exact) mass is 273 g/mol. The molecule has 0 aromatic carbocycles. The molecule has 0 fully saturated rings. The second kappa shape index (κ2) is 10.9. The SMILES string of the molecule is CCCN(CC)CC(O)O.CCOS(=O)(=O)O. The van der Waals surface area contributed by atoms with Crippen LogP contribution in [0.3, 0.4) is 0 Å². The molecule has 0 aromatic heterocycles. The third-order valence-electron chi connectivity index (χ3n) is 1.68. The number of aliphatic hydroxyl groups excluding tert-OH is 1. The van der Waals surface area contributed by atoms with Gasteiger partial charge in [-0.15, -0.1) is 0 Å². The van der Waals surface area contributed by atoms with Gasteiger partial charge in [0.1, 0.15) is 0 Å². The Morgan fingerprint density at radius 3 is 1.94 bits per heavy atom. The molecule has 0 bridgehead atoms. The van der Waals surface area contributed by atoms with E-state index in [1.165, 1.54) is 6.92 Å². The highest BCUT2D eigenvalue weighted by molar-refractivity contribution is 7.80. The fourth-order valence-corrected chi connectivity index (χ4v) is 1.37. The lowest BCUT2D eigenvalue weighted by molar-refractivity contribution is -0.0604. The minimum absolute atomic E-state index is 0.0289. The topological polar surface area (TPSA) is 107 Å². The number of hydrogen-bond acceptors (Lipinski definition) is 6. The third-order valence-corrected chi connectivity index (χ3v) is 2.21. The molecule has 0 aromatic rings. The quantitative estimate of drug-likeness (QED) is 0.437. The highest BCUT2D eigenvalue weighted by Gasteiger charge is 2.04. The molecule has 0 spiro atoms. The van der Waals surface area contributed by atoms with E-state index in [0.717, 1.165) is 19.5 Å². The molecule has 0 aliphatic heterocycles. The van der Waals surface area contributed by atoms with Crippen LogP contribution in [0.1, 0.15) is 27.2 Å². The van der Waals surface area contributed by atoms with Crippen molar-refractivity contribution >= 4 is 10.4 Å². The Hall–Kier alpha value is -0.250. The second-order valence-corrected chi connectivity index (χ2v) is 4.30. The molecule has 3 N–H and O–H groups in total. The molecule has 0 heterocycles. The molecule has 0 amide bonds. The van der Waals surface area contributed by atoms with Gasteiger partial charge in [-0.2, -0.15) is 8.42 Å². The summed E-state index contributed by atoms with van der Waals surface area (Å²) >= 11 is 0. The van der Waals surface area contributed by atoms with Gasteiger partial charge in [0, 0.05) is 6.54 Å². The maximum Gasteiger partial charge on any atom is 0.397 e. The average molecular weight is 273 g/mol. The van der Waals surface area contributed by atoms with Gasteiger partial charge in [0.25, 0.3) is 0 Å². The Morgan fingerprint density at radius 1 is 1.24 bits per heavy atom. The summed E-state index contributed by atoms with van der Waals surface area (Å²) in [6.07, 6.45) is -0.132. The zero-order valence-corrected chi connectivity index (χ0v) is 11.4. The second-order valence-electron chi connectivity index (χ2n) is 3.21. The Balaban J connectivity index is 0. The normalized spacial score (nSPS) is 11.5. The predicted octanol–water partition coefficient (Wildman–Crippen LogP) is -0.145. The lowest BCUT2D eigenvalue weighted by atomic mass is 10.4. The molecule has 0 radical (unpaired) electrons. The molecule has 0 aliphatic rings. The zero-order chi connectivity index (χ0) is 13.9. The van der Waals surface area contributed by atoms with Gasteiger partial charge in [0.2, 0.25) is 0 Å². The van der Waals surface area contributed by atoms with Gasteiger partial charge in [-0.25, -0.2) is 4.18 Å². The maximum absolute atomic E-state index is 9.56. The maximum atomic E-state index is 9.56. The smallest absolute Gasteiger partial charge is 0.367 e. The number of likely N-dealkylation sites (N-methyl/N-ethyl adjacent to an activating group) is 1. The molecule has 17 heavy (non-hydrogen) atoms. The van der Waals surface area contributed by atoms with Crippen LogP contribution in [0.2, 0.25) is 0 Å². The first-order valence-electron chi connectivity index (χ1n) is 5.47. The first kappa shape index (κ1) is 19.1. The van der Waals surface area contributed by atoms with Crippen molar-refractivity contribution in [2.45, 2.75) is 33.5 Å². The lowest BCUT2D eigenvalue weighted by Gasteiger charge is -2.19. The Bertz CT molecular complexity index is 254. The molecule has 0 rings (SSSR count).